The smallest absolute Gasteiger partial charge is 0.206 e. The van der Waals surface area contributed by atoms with Gasteiger partial charge in [-0.05, 0) is 29.8 Å². The molecule has 0 atom stereocenters. The molecule has 1 aromatic heterocycles. The summed E-state index contributed by atoms with van der Waals surface area (Å²) >= 11 is 0.926. The van der Waals surface area contributed by atoms with Crippen LogP contribution in [0.1, 0.15) is 16.0 Å². The molecule has 0 aliphatic rings. The minimum absolute atomic E-state index is 0.114. The van der Waals surface area contributed by atoms with E-state index >= 15 is 0 Å². The average Bonchev–Trinajstić information content (AvgIpc) is 2.95. The van der Waals surface area contributed by atoms with E-state index in [9.17, 15) is 8.42 Å². The number of sulfonamides is 1. The molecule has 0 fully saturated rings. The van der Waals surface area contributed by atoms with Crippen molar-refractivity contribution in [2.75, 3.05) is 0 Å². The number of thiophene rings is 1. The minimum Gasteiger partial charge on any atom is -0.206 e. The fourth-order valence-corrected chi connectivity index (χ4v) is 3.64. The first kappa shape index (κ1) is 14.2. The summed E-state index contributed by atoms with van der Waals surface area (Å²) < 4.78 is 26.6. The Kier molecular flexibility index (Phi) is 4.16. The van der Waals surface area contributed by atoms with Gasteiger partial charge < -0.3 is 0 Å². The number of benzene rings is 1. The van der Waals surface area contributed by atoms with Crippen molar-refractivity contribution in [3.63, 3.8) is 0 Å². The van der Waals surface area contributed by atoms with Gasteiger partial charge >= 0.3 is 0 Å². The third-order valence-electron chi connectivity index (χ3n) is 2.51. The second-order valence-electron chi connectivity index (χ2n) is 3.86. The molecule has 0 unspecified atom stereocenters. The Morgan fingerprint density at radius 2 is 1.75 bits per heavy atom. The highest BCUT2D eigenvalue weighted by molar-refractivity contribution is 7.91. The Hall–Kier alpha value is -2.19. The number of nitriles is 2. The standard InChI is InChI=1S/C13H9N3O2S2/c14-7-10-1-3-11(4-2-10)9-16-20(17,18)13-6-5-12(8-15)19-13/h1-6,16H,9H2. The van der Waals surface area contributed by atoms with Gasteiger partial charge in [-0.15, -0.1) is 11.3 Å². The van der Waals surface area contributed by atoms with E-state index < -0.39 is 10.0 Å². The van der Waals surface area contributed by atoms with E-state index in [2.05, 4.69) is 4.72 Å². The quantitative estimate of drug-likeness (QED) is 0.934. The zero-order valence-electron chi connectivity index (χ0n) is 10.2. The molecule has 2 aromatic rings. The molecule has 0 bridgehead atoms. The van der Waals surface area contributed by atoms with Gasteiger partial charge in [0, 0.05) is 6.54 Å². The number of nitrogens with zero attached hydrogens (tertiary/aromatic N) is 2. The van der Waals surface area contributed by atoms with Crippen molar-refractivity contribution >= 4 is 21.4 Å². The van der Waals surface area contributed by atoms with E-state index in [1.54, 1.807) is 24.3 Å². The van der Waals surface area contributed by atoms with Crippen LogP contribution in [0.15, 0.2) is 40.6 Å². The van der Waals surface area contributed by atoms with Gasteiger partial charge in [0.15, 0.2) is 0 Å². The molecular weight excluding hydrogens is 294 g/mol. The van der Waals surface area contributed by atoms with Crippen molar-refractivity contribution in [1.29, 1.82) is 10.5 Å². The number of hydrogen-bond acceptors (Lipinski definition) is 5. The van der Waals surface area contributed by atoms with Gasteiger partial charge in [0.25, 0.3) is 0 Å². The van der Waals surface area contributed by atoms with E-state index in [0.717, 1.165) is 16.9 Å². The van der Waals surface area contributed by atoms with Crippen LogP contribution in [-0.2, 0) is 16.6 Å². The summed E-state index contributed by atoms with van der Waals surface area (Å²) in [6.45, 7) is 0.133. The van der Waals surface area contributed by atoms with Crippen LogP contribution in [0.25, 0.3) is 0 Å². The maximum atomic E-state index is 12.0. The molecule has 0 saturated carbocycles. The molecule has 0 aliphatic heterocycles. The molecule has 1 aromatic carbocycles. The Morgan fingerprint density at radius 1 is 1.05 bits per heavy atom. The van der Waals surface area contributed by atoms with Crippen molar-refractivity contribution in [2.24, 2.45) is 0 Å². The summed E-state index contributed by atoms with van der Waals surface area (Å²) in [5, 5.41) is 17.4. The van der Waals surface area contributed by atoms with Crippen molar-refractivity contribution in [1.82, 2.24) is 4.72 Å². The normalized spacial score (nSPS) is 10.7. The molecule has 1 heterocycles. The van der Waals surface area contributed by atoms with Crippen molar-refractivity contribution < 1.29 is 8.42 Å². The lowest BCUT2D eigenvalue weighted by Crippen LogP contribution is -2.22. The lowest BCUT2D eigenvalue weighted by Gasteiger charge is -2.04. The van der Waals surface area contributed by atoms with Gasteiger partial charge in [0.2, 0.25) is 10.0 Å². The van der Waals surface area contributed by atoms with Crippen LogP contribution in [0.2, 0.25) is 0 Å². The highest BCUT2D eigenvalue weighted by Gasteiger charge is 2.16. The third kappa shape index (κ3) is 3.22. The van der Waals surface area contributed by atoms with Crippen LogP contribution in [0.4, 0.5) is 0 Å². The van der Waals surface area contributed by atoms with E-state index in [1.807, 2.05) is 12.1 Å². The summed E-state index contributed by atoms with van der Waals surface area (Å²) in [6, 6.07) is 13.4. The largest absolute Gasteiger partial charge is 0.250 e. The molecule has 100 valence electrons. The highest BCUT2D eigenvalue weighted by Crippen LogP contribution is 2.20. The third-order valence-corrected chi connectivity index (χ3v) is 5.39. The first-order valence-electron chi connectivity index (χ1n) is 5.54. The molecule has 7 heteroatoms. The second kappa shape index (κ2) is 5.85. The Labute approximate surface area is 120 Å². The zero-order valence-corrected chi connectivity index (χ0v) is 11.8. The van der Waals surface area contributed by atoms with Crippen molar-refractivity contribution in [2.45, 2.75) is 10.8 Å². The lowest BCUT2D eigenvalue weighted by molar-refractivity contribution is 0.583. The summed E-state index contributed by atoms with van der Waals surface area (Å²) in [4.78, 5) is 0.351. The number of nitrogens with one attached hydrogen (secondary N) is 1. The lowest BCUT2D eigenvalue weighted by atomic mass is 10.1. The summed E-state index contributed by atoms with van der Waals surface area (Å²) in [7, 11) is -3.61. The van der Waals surface area contributed by atoms with Crippen LogP contribution >= 0.6 is 11.3 Å². The van der Waals surface area contributed by atoms with Crippen molar-refractivity contribution in [3.8, 4) is 12.1 Å². The fourth-order valence-electron chi connectivity index (χ4n) is 1.47. The monoisotopic (exact) mass is 303 g/mol. The topological polar surface area (TPSA) is 93.8 Å². The zero-order chi connectivity index (χ0) is 14.6. The second-order valence-corrected chi connectivity index (χ2v) is 6.94. The van der Waals surface area contributed by atoms with Gasteiger partial charge in [0.05, 0.1) is 11.6 Å². The Morgan fingerprint density at radius 3 is 2.30 bits per heavy atom. The molecule has 20 heavy (non-hydrogen) atoms. The maximum absolute atomic E-state index is 12.0. The predicted molar refractivity (Wildman–Crippen MR) is 74.2 cm³/mol. The molecule has 0 amide bonds. The molecular formula is C13H9N3O2S2. The van der Waals surface area contributed by atoms with Crippen LogP contribution in [0, 0.1) is 22.7 Å². The highest BCUT2D eigenvalue weighted by atomic mass is 32.2. The predicted octanol–water partition coefficient (Wildman–Crippen LogP) is 1.97. The first-order valence-corrected chi connectivity index (χ1v) is 7.84. The first-order chi connectivity index (χ1) is 9.55. The van der Waals surface area contributed by atoms with Gasteiger partial charge in [-0.25, -0.2) is 13.1 Å². The van der Waals surface area contributed by atoms with Crippen LogP contribution < -0.4 is 4.72 Å². The van der Waals surface area contributed by atoms with E-state index in [0.29, 0.717) is 10.4 Å². The van der Waals surface area contributed by atoms with Gasteiger partial charge in [-0.2, -0.15) is 10.5 Å². The molecule has 0 radical (unpaired) electrons. The molecule has 1 N–H and O–H groups in total. The minimum atomic E-state index is -3.61. The molecule has 0 spiro atoms. The van der Waals surface area contributed by atoms with E-state index in [-0.39, 0.29) is 10.8 Å². The summed E-state index contributed by atoms with van der Waals surface area (Å²) in [5.41, 5.74) is 1.28. The van der Waals surface area contributed by atoms with Crippen LogP contribution in [-0.4, -0.2) is 8.42 Å². The molecule has 5 nitrogen and oxygen atoms in total. The van der Waals surface area contributed by atoms with Gasteiger partial charge in [-0.3, -0.25) is 0 Å². The summed E-state index contributed by atoms with van der Waals surface area (Å²) in [6.07, 6.45) is 0. The van der Waals surface area contributed by atoms with Gasteiger partial charge in [-0.1, -0.05) is 12.1 Å². The summed E-state index contributed by atoms with van der Waals surface area (Å²) in [5.74, 6) is 0. The van der Waals surface area contributed by atoms with E-state index in [4.69, 9.17) is 10.5 Å². The molecule has 0 aliphatic carbocycles. The maximum Gasteiger partial charge on any atom is 0.250 e. The Balaban J connectivity index is 2.09. The van der Waals surface area contributed by atoms with Crippen molar-refractivity contribution in [3.05, 3.63) is 52.4 Å². The van der Waals surface area contributed by atoms with Crippen LogP contribution in [0.5, 0.6) is 0 Å². The fraction of sp³-hybridized carbons (Fsp3) is 0.0769. The van der Waals surface area contributed by atoms with Gasteiger partial charge in [0.1, 0.15) is 15.2 Å². The van der Waals surface area contributed by atoms with E-state index in [1.165, 1.54) is 12.1 Å². The molecule has 0 saturated heterocycles. The van der Waals surface area contributed by atoms with Crippen LogP contribution in [0.3, 0.4) is 0 Å². The number of hydrogen-bond donors (Lipinski definition) is 1. The Bertz CT molecular complexity index is 793. The average molecular weight is 303 g/mol. The molecule has 2 rings (SSSR count). The SMILES string of the molecule is N#Cc1ccc(CNS(=O)(=O)c2ccc(C#N)s2)cc1. The number of rotatable bonds is 4.